The minimum atomic E-state index is -0.921. The van der Waals surface area contributed by atoms with Crippen molar-refractivity contribution >= 4 is 17.3 Å². The third-order valence-corrected chi connectivity index (χ3v) is 3.41. The van der Waals surface area contributed by atoms with Crippen molar-refractivity contribution in [3.8, 4) is 0 Å². The summed E-state index contributed by atoms with van der Waals surface area (Å²) in [5.74, 6) is -0.921. The van der Waals surface area contributed by atoms with E-state index in [1.807, 2.05) is 0 Å². The minimum absolute atomic E-state index is 0.292. The molecule has 0 aliphatic carbocycles. The molecule has 0 radical (unpaired) electrons. The number of carbonyl (C=O) groups is 1. The maximum atomic E-state index is 11.2. The fraction of sp³-hybridized carbons (Fsp3) is 0.462. The Morgan fingerprint density at radius 3 is 2.56 bits per heavy atom. The van der Waals surface area contributed by atoms with Gasteiger partial charge in [-0.25, -0.2) is 4.79 Å². The molecule has 5 heteroatoms. The molecular weight excluding hydrogens is 230 g/mol. The van der Waals surface area contributed by atoms with Crippen molar-refractivity contribution in [1.82, 2.24) is 4.90 Å². The van der Waals surface area contributed by atoms with Crippen molar-refractivity contribution in [2.75, 3.05) is 43.4 Å². The lowest BCUT2D eigenvalue weighted by molar-refractivity contribution is 0.0697. The number of nitrogens with two attached hydrogens (primary N) is 1. The van der Waals surface area contributed by atoms with E-state index in [1.165, 1.54) is 6.07 Å². The number of hydrogen-bond acceptors (Lipinski definition) is 4. The summed E-state index contributed by atoms with van der Waals surface area (Å²) in [6, 6.07) is 5.10. The SMILES string of the molecule is CCN1CCN(c2ccc(N)cc2C(=O)O)CC1. The Labute approximate surface area is 107 Å². The van der Waals surface area contributed by atoms with Gasteiger partial charge in [-0.3, -0.25) is 0 Å². The lowest BCUT2D eigenvalue weighted by atomic mass is 10.1. The molecular formula is C13H19N3O2. The lowest BCUT2D eigenvalue weighted by Crippen LogP contribution is -2.46. The Morgan fingerprint density at radius 1 is 1.33 bits per heavy atom. The number of hydrogen-bond donors (Lipinski definition) is 2. The highest BCUT2D eigenvalue weighted by molar-refractivity contribution is 5.95. The van der Waals surface area contributed by atoms with Crippen LogP contribution in [0.25, 0.3) is 0 Å². The molecule has 1 heterocycles. The summed E-state index contributed by atoms with van der Waals surface area (Å²) in [6.07, 6.45) is 0. The number of likely N-dealkylation sites (N-methyl/N-ethyl adjacent to an activating group) is 1. The van der Waals surface area contributed by atoms with Crippen LogP contribution in [0.1, 0.15) is 17.3 Å². The van der Waals surface area contributed by atoms with Crippen LogP contribution in [-0.4, -0.2) is 48.7 Å². The highest BCUT2D eigenvalue weighted by Gasteiger charge is 2.20. The molecule has 0 saturated carbocycles. The number of carboxylic acids is 1. The molecule has 0 spiro atoms. The van der Waals surface area contributed by atoms with Gasteiger partial charge >= 0.3 is 5.97 Å². The Hall–Kier alpha value is -1.75. The van der Waals surface area contributed by atoms with E-state index in [0.29, 0.717) is 11.3 Å². The average molecular weight is 249 g/mol. The van der Waals surface area contributed by atoms with Gasteiger partial charge in [0.05, 0.1) is 11.3 Å². The van der Waals surface area contributed by atoms with E-state index in [0.717, 1.165) is 38.4 Å². The fourth-order valence-corrected chi connectivity index (χ4v) is 2.31. The molecule has 1 aliphatic rings. The Kier molecular flexibility index (Phi) is 3.72. The number of piperazine rings is 1. The second-order valence-corrected chi connectivity index (χ2v) is 4.50. The lowest BCUT2D eigenvalue weighted by Gasteiger charge is -2.36. The largest absolute Gasteiger partial charge is 0.478 e. The molecule has 2 rings (SSSR count). The average Bonchev–Trinajstić information content (AvgIpc) is 2.39. The van der Waals surface area contributed by atoms with Gasteiger partial charge in [0.25, 0.3) is 0 Å². The monoisotopic (exact) mass is 249 g/mol. The predicted octanol–water partition coefficient (Wildman–Crippen LogP) is 1.11. The molecule has 0 bridgehead atoms. The van der Waals surface area contributed by atoms with E-state index in [2.05, 4.69) is 16.7 Å². The topological polar surface area (TPSA) is 69.8 Å². The smallest absolute Gasteiger partial charge is 0.337 e. The van der Waals surface area contributed by atoms with Crippen LogP contribution in [0, 0.1) is 0 Å². The number of rotatable bonds is 3. The maximum Gasteiger partial charge on any atom is 0.337 e. The van der Waals surface area contributed by atoms with Gasteiger partial charge in [0.15, 0.2) is 0 Å². The van der Waals surface area contributed by atoms with Crippen molar-refractivity contribution < 1.29 is 9.90 Å². The second-order valence-electron chi connectivity index (χ2n) is 4.50. The van der Waals surface area contributed by atoms with Crippen molar-refractivity contribution in [2.24, 2.45) is 0 Å². The van der Waals surface area contributed by atoms with Crippen LogP contribution in [0.4, 0.5) is 11.4 Å². The van der Waals surface area contributed by atoms with Crippen molar-refractivity contribution in [1.29, 1.82) is 0 Å². The zero-order valence-electron chi connectivity index (χ0n) is 10.6. The normalized spacial score (nSPS) is 16.8. The number of aromatic carboxylic acids is 1. The number of benzene rings is 1. The first-order chi connectivity index (χ1) is 8.61. The van der Waals surface area contributed by atoms with E-state index in [1.54, 1.807) is 12.1 Å². The fourth-order valence-electron chi connectivity index (χ4n) is 2.31. The van der Waals surface area contributed by atoms with Crippen molar-refractivity contribution in [3.63, 3.8) is 0 Å². The summed E-state index contributed by atoms with van der Waals surface area (Å²) in [5.41, 5.74) is 7.20. The Bertz CT molecular complexity index is 440. The van der Waals surface area contributed by atoms with Gasteiger partial charge in [-0.2, -0.15) is 0 Å². The molecule has 1 aromatic carbocycles. The second kappa shape index (κ2) is 5.27. The molecule has 18 heavy (non-hydrogen) atoms. The van der Waals surface area contributed by atoms with E-state index in [4.69, 9.17) is 5.73 Å². The predicted molar refractivity (Wildman–Crippen MR) is 72.1 cm³/mol. The molecule has 1 fully saturated rings. The van der Waals surface area contributed by atoms with Gasteiger partial charge < -0.3 is 20.6 Å². The van der Waals surface area contributed by atoms with Gasteiger partial charge in [0, 0.05) is 31.9 Å². The van der Waals surface area contributed by atoms with Gasteiger partial charge in [-0.05, 0) is 24.7 Å². The Balaban J connectivity index is 2.21. The summed E-state index contributed by atoms with van der Waals surface area (Å²) in [7, 11) is 0. The number of nitrogens with zero attached hydrogens (tertiary/aromatic N) is 2. The molecule has 5 nitrogen and oxygen atoms in total. The summed E-state index contributed by atoms with van der Waals surface area (Å²) in [4.78, 5) is 15.7. The van der Waals surface area contributed by atoms with Crippen LogP contribution in [0.2, 0.25) is 0 Å². The van der Waals surface area contributed by atoms with Crippen LogP contribution < -0.4 is 10.6 Å². The maximum absolute atomic E-state index is 11.2. The summed E-state index contributed by atoms with van der Waals surface area (Å²) in [5, 5.41) is 9.23. The number of nitrogen functional groups attached to an aromatic ring is 1. The van der Waals surface area contributed by atoms with E-state index in [9.17, 15) is 9.90 Å². The van der Waals surface area contributed by atoms with E-state index < -0.39 is 5.97 Å². The molecule has 0 amide bonds. The van der Waals surface area contributed by atoms with Crippen LogP contribution in [0.5, 0.6) is 0 Å². The zero-order chi connectivity index (χ0) is 13.1. The molecule has 0 aromatic heterocycles. The minimum Gasteiger partial charge on any atom is -0.478 e. The standard InChI is InChI=1S/C13H19N3O2/c1-2-15-5-7-16(8-6-15)12-4-3-10(14)9-11(12)13(17)18/h3-4,9H,2,5-8,14H2,1H3,(H,17,18). The van der Waals surface area contributed by atoms with Crippen molar-refractivity contribution in [2.45, 2.75) is 6.92 Å². The van der Waals surface area contributed by atoms with Gasteiger partial charge in [-0.15, -0.1) is 0 Å². The summed E-state index contributed by atoms with van der Waals surface area (Å²) >= 11 is 0. The van der Waals surface area contributed by atoms with Crippen LogP contribution in [-0.2, 0) is 0 Å². The van der Waals surface area contributed by atoms with E-state index in [-0.39, 0.29) is 0 Å². The molecule has 1 aliphatic heterocycles. The van der Waals surface area contributed by atoms with Gasteiger partial charge in [0.2, 0.25) is 0 Å². The number of carboxylic acid groups (broad SMARTS) is 1. The van der Waals surface area contributed by atoms with Gasteiger partial charge in [0.1, 0.15) is 0 Å². The highest BCUT2D eigenvalue weighted by Crippen LogP contribution is 2.24. The molecule has 0 atom stereocenters. The third-order valence-electron chi connectivity index (χ3n) is 3.41. The van der Waals surface area contributed by atoms with Crippen LogP contribution in [0.15, 0.2) is 18.2 Å². The first-order valence-corrected chi connectivity index (χ1v) is 6.22. The summed E-state index contributed by atoms with van der Waals surface area (Å²) < 4.78 is 0. The van der Waals surface area contributed by atoms with E-state index >= 15 is 0 Å². The van der Waals surface area contributed by atoms with Gasteiger partial charge in [-0.1, -0.05) is 6.92 Å². The summed E-state index contributed by atoms with van der Waals surface area (Å²) in [6.45, 7) is 6.85. The van der Waals surface area contributed by atoms with Crippen LogP contribution in [0.3, 0.4) is 0 Å². The van der Waals surface area contributed by atoms with Crippen molar-refractivity contribution in [3.05, 3.63) is 23.8 Å². The molecule has 0 unspecified atom stereocenters. The first kappa shape index (κ1) is 12.7. The molecule has 1 saturated heterocycles. The first-order valence-electron chi connectivity index (χ1n) is 6.22. The Morgan fingerprint density at radius 2 is 2.00 bits per heavy atom. The molecule has 98 valence electrons. The molecule has 3 N–H and O–H groups in total. The highest BCUT2D eigenvalue weighted by atomic mass is 16.4. The third kappa shape index (κ3) is 2.56. The molecule has 1 aromatic rings. The quantitative estimate of drug-likeness (QED) is 0.785. The van der Waals surface area contributed by atoms with Crippen LogP contribution >= 0.6 is 0 Å². The number of anilines is 2. The zero-order valence-corrected chi connectivity index (χ0v) is 10.6.